The van der Waals surface area contributed by atoms with Crippen molar-refractivity contribution >= 4 is 5.97 Å². The second kappa shape index (κ2) is 8.69. The van der Waals surface area contributed by atoms with Crippen LogP contribution in [0.1, 0.15) is 112 Å². The van der Waals surface area contributed by atoms with Crippen molar-refractivity contribution in [3.8, 4) is 0 Å². The summed E-state index contributed by atoms with van der Waals surface area (Å²) in [6.45, 7) is 13.4. The van der Waals surface area contributed by atoms with Gasteiger partial charge in [-0.2, -0.15) is 4.91 Å². The number of hydrogen-bond acceptors (Lipinski definition) is 4. The third-order valence-corrected chi connectivity index (χ3v) is 10.8. The molecule has 0 aliphatic heterocycles. The van der Waals surface area contributed by atoms with E-state index in [0.29, 0.717) is 29.1 Å². The van der Waals surface area contributed by atoms with Gasteiger partial charge >= 0.3 is 5.97 Å². The van der Waals surface area contributed by atoms with Crippen LogP contribution in [0.2, 0.25) is 0 Å². The Labute approximate surface area is 196 Å². The van der Waals surface area contributed by atoms with Crippen LogP contribution in [0.25, 0.3) is 0 Å². The Bertz CT molecular complexity index is 714. The first-order chi connectivity index (χ1) is 15.0. The van der Waals surface area contributed by atoms with Crippen LogP contribution in [-0.4, -0.2) is 17.6 Å². The first-order valence-electron chi connectivity index (χ1n) is 13.5. The first-order valence-corrected chi connectivity index (χ1v) is 13.5. The Morgan fingerprint density at radius 3 is 2.38 bits per heavy atom. The van der Waals surface area contributed by atoms with Crippen molar-refractivity contribution in [2.75, 3.05) is 0 Å². The third kappa shape index (κ3) is 4.29. The topological polar surface area (TPSA) is 55.7 Å². The zero-order valence-corrected chi connectivity index (χ0v) is 21.5. The Hall–Kier alpha value is -0.930. The molecule has 9 atom stereocenters. The summed E-state index contributed by atoms with van der Waals surface area (Å²) in [5, 5.41) is 3.43. The van der Waals surface area contributed by atoms with Gasteiger partial charge in [-0.15, -0.1) is 0 Å². The highest BCUT2D eigenvalue weighted by Gasteiger charge is 2.60. The molecule has 0 saturated heterocycles. The van der Waals surface area contributed by atoms with E-state index in [0.717, 1.165) is 42.9 Å². The van der Waals surface area contributed by atoms with E-state index in [1.165, 1.54) is 44.9 Å². The fourth-order valence-electron chi connectivity index (χ4n) is 9.25. The van der Waals surface area contributed by atoms with E-state index in [-0.39, 0.29) is 17.6 Å². The lowest BCUT2D eigenvalue weighted by atomic mass is 9.44. The zero-order valence-electron chi connectivity index (χ0n) is 21.5. The molecule has 4 nitrogen and oxygen atoms in total. The summed E-state index contributed by atoms with van der Waals surface area (Å²) in [6, 6.07) is 0.0696. The number of nitroso groups, excluding NO2 is 1. The number of rotatable bonds is 5. The molecule has 4 fully saturated rings. The fourth-order valence-corrected chi connectivity index (χ4v) is 9.25. The Morgan fingerprint density at radius 1 is 1.00 bits per heavy atom. The smallest absolute Gasteiger partial charge is 0.306 e. The van der Waals surface area contributed by atoms with E-state index in [1.54, 1.807) is 0 Å². The van der Waals surface area contributed by atoms with Gasteiger partial charge in [0.2, 0.25) is 0 Å². The molecule has 0 aromatic carbocycles. The first kappa shape index (κ1) is 24.2. The molecular formula is C28H47NO3. The Kier molecular flexibility index (Phi) is 6.57. The molecule has 4 aliphatic rings. The van der Waals surface area contributed by atoms with Crippen molar-refractivity contribution in [2.45, 2.75) is 124 Å². The van der Waals surface area contributed by atoms with Gasteiger partial charge in [0.1, 0.15) is 5.60 Å². The average molecular weight is 446 g/mol. The second-order valence-corrected chi connectivity index (χ2v) is 13.5. The van der Waals surface area contributed by atoms with Gasteiger partial charge in [0.05, 0.1) is 6.04 Å². The van der Waals surface area contributed by atoms with E-state index in [4.69, 9.17) is 4.74 Å². The van der Waals surface area contributed by atoms with E-state index in [2.05, 4.69) is 25.9 Å². The van der Waals surface area contributed by atoms with Crippen LogP contribution < -0.4 is 0 Å². The number of carbonyl (C=O) groups is 1. The highest BCUT2D eigenvalue weighted by Crippen LogP contribution is 2.68. The number of nitrogens with zero attached hydrogens (tertiary/aromatic N) is 1. The number of ether oxygens (including phenoxy) is 1. The summed E-state index contributed by atoms with van der Waals surface area (Å²) < 4.78 is 5.57. The van der Waals surface area contributed by atoms with Gasteiger partial charge in [-0.05, 0) is 131 Å². The summed E-state index contributed by atoms with van der Waals surface area (Å²) in [6.07, 6.45) is 12.8. The van der Waals surface area contributed by atoms with E-state index >= 15 is 0 Å². The quantitative estimate of drug-likeness (QED) is 0.324. The summed E-state index contributed by atoms with van der Waals surface area (Å²) in [5.41, 5.74) is 0.462. The predicted octanol–water partition coefficient (Wildman–Crippen LogP) is 7.54. The van der Waals surface area contributed by atoms with Crippen molar-refractivity contribution in [3.05, 3.63) is 4.91 Å². The normalized spacial score (nSPS) is 44.7. The van der Waals surface area contributed by atoms with Crippen LogP contribution in [0, 0.1) is 51.2 Å². The summed E-state index contributed by atoms with van der Waals surface area (Å²) in [4.78, 5) is 23.5. The molecular weight excluding hydrogens is 398 g/mol. The van der Waals surface area contributed by atoms with Crippen LogP contribution in [0.5, 0.6) is 0 Å². The zero-order chi connectivity index (χ0) is 23.3. The van der Waals surface area contributed by atoms with Crippen LogP contribution in [0.4, 0.5) is 0 Å². The monoisotopic (exact) mass is 445 g/mol. The molecule has 0 aromatic rings. The van der Waals surface area contributed by atoms with Crippen molar-refractivity contribution in [1.29, 1.82) is 0 Å². The minimum Gasteiger partial charge on any atom is -0.460 e. The number of carbonyl (C=O) groups excluding carboxylic acids is 1. The molecule has 9 unspecified atom stereocenters. The molecule has 0 bridgehead atoms. The molecule has 182 valence electrons. The maximum atomic E-state index is 12.3. The summed E-state index contributed by atoms with van der Waals surface area (Å²) >= 11 is 0. The van der Waals surface area contributed by atoms with Gasteiger partial charge in [0.15, 0.2) is 0 Å². The van der Waals surface area contributed by atoms with Crippen molar-refractivity contribution in [3.63, 3.8) is 0 Å². The standard InChI is InChI=1S/C28H47NO3/c1-18(7-12-25(30)32-26(2,3)4)22-10-11-23-21-9-8-19-17-20(29-31)13-15-27(19,5)24(21)14-16-28(22,23)6/h18-24H,7-17H2,1-6H3. The van der Waals surface area contributed by atoms with E-state index < -0.39 is 0 Å². The van der Waals surface area contributed by atoms with Gasteiger partial charge in [0, 0.05) is 6.42 Å². The molecule has 4 rings (SSSR count). The van der Waals surface area contributed by atoms with Crippen LogP contribution >= 0.6 is 0 Å². The largest absolute Gasteiger partial charge is 0.460 e. The lowest BCUT2D eigenvalue weighted by Gasteiger charge is -2.61. The lowest BCUT2D eigenvalue weighted by molar-refractivity contribution is -0.155. The summed E-state index contributed by atoms with van der Waals surface area (Å²) in [7, 11) is 0. The maximum absolute atomic E-state index is 12.3. The highest BCUT2D eigenvalue weighted by molar-refractivity contribution is 5.69. The van der Waals surface area contributed by atoms with Gasteiger partial charge in [-0.25, -0.2) is 0 Å². The van der Waals surface area contributed by atoms with Gasteiger partial charge in [-0.3, -0.25) is 4.79 Å². The molecule has 4 aliphatic carbocycles. The lowest BCUT2D eigenvalue weighted by Crippen LogP contribution is -2.54. The van der Waals surface area contributed by atoms with Gasteiger partial charge < -0.3 is 4.74 Å². The molecule has 0 amide bonds. The van der Waals surface area contributed by atoms with Crippen molar-refractivity contribution in [1.82, 2.24) is 0 Å². The predicted molar refractivity (Wildman–Crippen MR) is 129 cm³/mol. The number of hydrogen-bond donors (Lipinski definition) is 0. The molecule has 0 N–H and O–H groups in total. The Morgan fingerprint density at radius 2 is 1.69 bits per heavy atom. The molecule has 0 radical (unpaired) electrons. The second-order valence-electron chi connectivity index (χ2n) is 13.5. The van der Waals surface area contributed by atoms with Crippen LogP contribution in [0.3, 0.4) is 0 Å². The van der Waals surface area contributed by atoms with Crippen molar-refractivity contribution in [2.24, 2.45) is 51.5 Å². The SMILES string of the molecule is CC(CCC(=O)OC(C)(C)C)C1CCC2C3CCC4CC(N=O)CCC4(C)C3CCC12C. The van der Waals surface area contributed by atoms with E-state index in [9.17, 15) is 9.70 Å². The fraction of sp³-hybridized carbons (Fsp3) is 0.964. The molecule has 4 saturated carbocycles. The van der Waals surface area contributed by atoms with Gasteiger partial charge in [0.25, 0.3) is 0 Å². The van der Waals surface area contributed by atoms with Crippen molar-refractivity contribution < 1.29 is 9.53 Å². The minimum atomic E-state index is -0.390. The Balaban J connectivity index is 1.42. The van der Waals surface area contributed by atoms with Crippen LogP contribution in [-0.2, 0) is 9.53 Å². The number of esters is 1. The highest BCUT2D eigenvalue weighted by atomic mass is 16.6. The molecule has 4 heteroatoms. The molecule has 0 spiro atoms. The molecule has 0 heterocycles. The minimum absolute atomic E-state index is 0.0422. The number of fused-ring (bicyclic) bond motifs is 5. The molecule has 0 aromatic heterocycles. The average Bonchev–Trinajstić information content (AvgIpc) is 3.07. The summed E-state index contributed by atoms with van der Waals surface area (Å²) in [5.74, 6) is 4.51. The maximum Gasteiger partial charge on any atom is 0.306 e. The molecule has 32 heavy (non-hydrogen) atoms. The third-order valence-electron chi connectivity index (χ3n) is 10.8. The van der Waals surface area contributed by atoms with Crippen LogP contribution in [0.15, 0.2) is 5.18 Å². The van der Waals surface area contributed by atoms with E-state index in [1.807, 2.05) is 20.8 Å². The van der Waals surface area contributed by atoms with Gasteiger partial charge in [-0.1, -0.05) is 25.9 Å².